The predicted octanol–water partition coefficient (Wildman–Crippen LogP) is 4.45. The molecule has 0 spiro atoms. The number of hydrogen-bond donors (Lipinski definition) is 0. The normalized spacial score (nSPS) is 44.2. The fraction of sp³-hybridized carbons (Fsp3) is 0.739. The van der Waals surface area contributed by atoms with Crippen LogP contribution in [0.4, 0.5) is 0 Å². The standard InChI is InChI=1S/C23H30O3/c1-4-22-12-10-19-18-9-7-17(25)14-16(18)6-8-20(19)21(22)11-13-23(22,5-2)26-15(3)24/h2,14,18-21H,4,6-13H2,1,3H3. The molecule has 0 aromatic heterocycles. The fourth-order valence-corrected chi connectivity index (χ4v) is 7.36. The van der Waals surface area contributed by atoms with Gasteiger partial charge in [0.15, 0.2) is 11.4 Å². The van der Waals surface area contributed by atoms with Gasteiger partial charge in [-0.15, -0.1) is 6.42 Å². The van der Waals surface area contributed by atoms with Gasteiger partial charge in [0.05, 0.1) is 0 Å². The number of carbonyl (C=O) groups is 2. The second kappa shape index (κ2) is 6.25. The SMILES string of the molecule is C#CC1(OC(C)=O)CCC2C3CCC4=CC(=O)CCC4C3CCC21CC. The van der Waals surface area contributed by atoms with Crippen LogP contribution in [-0.4, -0.2) is 17.4 Å². The molecule has 0 amide bonds. The molecule has 0 aliphatic heterocycles. The van der Waals surface area contributed by atoms with Crippen LogP contribution in [0.3, 0.4) is 0 Å². The van der Waals surface area contributed by atoms with Crippen LogP contribution in [0.15, 0.2) is 11.6 Å². The Balaban J connectivity index is 1.68. The van der Waals surface area contributed by atoms with Gasteiger partial charge in [-0.3, -0.25) is 9.59 Å². The Bertz CT molecular complexity index is 699. The average molecular weight is 354 g/mol. The maximum absolute atomic E-state index is 11.8. The summed E-state index contributed by atoms with van der Waals surface area (Å²) in [5.41, 5.74) is 0.620. The van der Waals surface area contributed by atoms with Gasteiger partial charge in [0.2, 0.25) is 0 Å². The summed E-state index contributed by atoms with van der Waals surface area (Å²) in [5.74, 6) is 5.49. The lowest BCUT2D eigenvalue weighted by molar-refractivity contribution is -0.170. The monoisotopic (exact) mass is 354 g/mol. The van der Waals surface area contributed by atoms with E-state index in [1.807, 2.05) is 6.08 Å². The Morgan fingerprint density at radius 1 is 1.23 bits per heavy atom. The fourth-order valence-electron chi connectivity index (χ4n) is 7.36. The predicted molar refractivity (Wildman–Crippen MR) is 100 cm³/mol. The topological polar surface area (TPSA) is 43.4 Å². The highest BCUT2D eigenvalue weighted by atomic mass is 16.6. The van der Waals surface area contributed by atoms with Gasteiger partial charge in [-0.05, 0) is 81.1 Å². The van der Waals surface area contributed by atoms with E-state index in [4.69, 9.17) is 11.2 Å². The molecule has 4 aliphatic carbocycles. The molecule has 4 rings (SSSR count). The van der Waals surface area contributed by atoms with Gasteiger partial charge < -0.3 is 4.74 Å². The Kier molecular flexibility index (Phi) is 4.29. The number of terminal acetylenes is 1. The van der Waals surface area contributed by atoms with Gasteiger partial charge in [0.25, 0.3) is 0 Å². The number of fused-ring (bicyclic) bond motifs is 5. The van der Waals surface area contributed by atoms with Crippen molar-refractivity contribution in [2.24, 2.45) is 29.1 Å². The largest absolute Gasteiger partial charge is 0.445 e. The smallest absolute Gasteiger partial charge is 0.304 e. The molecule has 140 valence electrons. The first kappa shape index (κ1) is 17.8. The van der Waals surface area contributed by atoms with E-state index < -0.39 is 5.60 Å². The van der Waals surface area contributed by atoms with Gasteiger partial charge in [-0.1, -0.05) is 18.4 Å². The van der Waals surface area contributed by atoms with Crippen LogP contribution < -0.4 is 0 Å². The van der Waals surface area contributed by atoms with Gasteiger partial charge in [0, 0.05) is 18.8 Å². The molecule has 0 saturated heterocycles. The van der Waals surface area contributed by atoms with Gasteiger partial charge in [-0.25, -0.2) is 0 Å². The van der Waals surface area contributed by atoms with Crippen LogP contribution in [-0.2, 0) is 14.3 Å². The third-order valence-corrected chi connectivity index (χ3v) is 8.30. The van der Waals surface area contributed by atoms with Crippen LogP contribution in [0.2, 0.25) is 0 Å². The average Bonchev–Trinajstić information content (AvgIpc) is 2.95. The Labute approximate surface area is 156 Å². The van der Waals surface area contributed by atoms with Crippen LogP contribution in [0.25, 0.3) is 0 Å². The number of carbonyl (C=O) groups excluding carboxylic acids is 2. The van der Waals surface area contributed by atoms with Crippen molar-refractivity contribution in [3.8, 4) is 12.3 Å². The van der Waals surface area contributed by atoms with Gasteiger partial charge in [0.1, 0.15) is 0 Å². The first-order valence-electron chi connectivity index (χ1n) is 10.4. The molecule has 6 unspecified atom stereocenters. The maximum Gasteiger partial charge on any atom is 0.304 e. The van der Waals surface area contributed by atoms with Gasteiger partial charge >= 0.3 is 5.97 Å². The number of esters is 1. The van der Waals surface area contributed by atoms with Crippen molar-refractivity contribution in [1.82, 2.24) is 0 Å². The molecule has 0 bridgehead atoms. The second-order valence-electron chi connectivity index (χ2n) is 8.96. The lowest BCUT2D eigenvalue weighted by Crippen LogP contribution is -2.55. The molecule has 0 radical (unpaired) electrons. The third-order valence-electron chi connectivity index (χ3n) is 8.30. The van der Waals surface area contributed by atoms with E-state index in [1.54, 1.807) is 0 Å². The molecule has 3 fully saturated rings. The number of allylic oxidation sites excluding steroid dienone is 1. The number of ether oxygens (including phenoxy) is 1. The quantitative estimate of drug-likeness (QED) is 0.543. The lowest BCUT2D eigenvalue weighted by Gasteiger charge is -2.56. The summed E-state index contributed by atoms with van der Waals surface area (Å²) in [7, 11) is 0. The van der Waals surface area contributed by atoms with E-state index in [9.17, 15) is 9.59 Å². The van der Waals surface area contributed by atoms with E-state index in [1.165, 1.54) is 12.5 Å². The molecule has 26 heavy (non-hydrogen) atoms. The van der Waals surface area contributed by atoms with Crippen LogP contribution in [0, 0.1) is 41.4 Å². The van der Waals surface area contributed by atoms with Crippen molar-refractivity contribution in [1.29, 1.82) is 0 Å². The molecule has 0 aromatic carbocycles. The molecular weight excluding hydrogens is 324 g/mol. The summed E-state index contributed by atoms with van der Waals surface area (Å²) in [6, 6.07) is 0. The number of rotatable bonds is 2. The Morgan fingerprint density at radius 2 is 2.04 bits per heavy atom. The molecule has 3 saturated carbocycles. The summed E-state index contributed by atoms with van der Waals surface area (Å²) in [6.07, 6.45) is 17.0. The molecule has 6 atom stereocenters. The molecule has 0 heterocycles. The van der Waals surface area contributed by atoms with Crippen molar-refractivity contribution in [2.45, 2.75) is 77.2 Å². The minimum Gasteiger partial charge on any atom is -0.445 e. The molecule has 0 N–H and O–H groups in total. The second-order valence-corrected chi connectivity index (χ2v) is 8.96. The molecule has 0 aromatic rings. The van der Waals surface area contributed by atoms with E-state index in [0.29, 0.717) is 35.9 Å². The number of ketones is 1. The highest BCUT2D eigenvalue weighted by molar-refractivity contribution is 5.91. The van der Waals surface area contributed by atoms with Crippen molar-refractivity contribution in [3.05, 3.63) is 11.6 Å². The lowest BCUT2D eigenvalue weighted by atomic mass is 9.49. The van der Waals surface area contributed by atoms with E-state index in [0.717, 1.165) is 51.4 Å². The van der Waals surface area contributed by atoms with Crippen LogP contribution in [0.1, 0.15) is 71.6 Å². The van der Waals surface area contributed by atoms with Crippen molar-refractivity contribution in [3.63, 3.8) is 0 Å². The molecule has 3 heteroatoms. The minimum absolute atomic E-state index is 0.0692. The zero-order valence-electron chi connectivity index (χ0n) is 16.1. The van der Waals surface area contributed by atoms with Crippen molar-refractivity contribution >= 4 is 11.8 Å². The minimum atomic E-state index is -0.720. The highest BCUT2D eigenvalue weighted by Gasteiger charge is 2.65. The molecular formula is C23H30O3. The number of hydrogen-bond acceptors (Lipinski definition) is 3. The van der Waals surface area contributed by atoms with Crippen molar-refractivity contribution in [2.75, 3.05) is 0 Å². The molecule has 4 aliphatic rings. The van der Waals surface area contributed by atoms with Crippen LogP contribution in [0.5, 0.6) is 0 Å². The summed E-state index contributed by atoms with van der Waals surface area (Å²) in [6.45, 7) is 3.71. The van der Waals surface area contributed by atoms with E-state index >= 15 is 0 Å². The zero-order valence-corrected chi connectivity index (χ0v) is 16.1. The zero-order chi connectivity index (χ0) is 18.5. The van der Waals surface area contributed by atoms with E-state index in [2.05, 4.69) is 12.8 Å². The third kappa shape index (κ3) is 2.34. The van der Waals surface area contributed by atoms with Crippen LogP contribution >= 0.6 is 0 Å². The van der Waals surface area contributed by atoms with Gasteiger partial charge in [-0.2, -0.15) is 0 Å². The summed E-state index contributed by atoms with van der Waals surface area (Å²) < 4.78 is 5.88. The Morgan fingerprint density at radius 3 is 2.73 bits per heavy atom. The maximum atomic E-state index is 11.8. The summed E-state index contributed by atoms with van der Waals surface area (Å²) >= 11 is 0. The van der Waals surface area contributed by atoms with Crippen molar-refractivity contribution < 1.29 is 14.3 Å². The summed E-state index contributed by atoms with van der Waals surface area (Å²) in [5, 5.41) is 0. The summed E-state index contributed by atoms with van der Waals surface area (Å²) in [4.78, 5) is 23.7. The first-order valence-corrected chi connectivity index (χ1v) is 10.4. The highest BCUT2D eigenvalue weighted by Crippen LogP contribution is 2.67. The van der Waals surface area contributed by atoms with E-state index in [-0.39, 0.29) is 11.4 Å². The Hall–Kier alpha value is -1.56. The molecule has 3 nitrogen and oxygen atoms in total. The first-order chi connectivity index (χ1) is 12.5.